The maximum atomic E-state index is 11.9. The largest absolute Gasteiger partial charge is 0.388 e. The number of aromatic nitrogens is 1. The minimum Gasteiger partial charge on any atom is -0.388 e. The fraction of sp³-hybridized carbons (Fsp3) is 0.667. The van der Waals surface area contributed by atoms with Crippen LogP contribution >= 0.6 is 0 Å². The van der Waals surface area contributed by atoms with E-state index in [9.17, 15) is 9.90 Å². The lowest BCUT2D eigenvalue weighted by atomic mass is 9.75. The van der Waals surface area contributed by atoms with Gasteiger partial charge in [0, 0.05) is 31.0 Å². The number of likely N-dealkylation sites (N-methyl/N-ethyl adjacent to an activating group) is 1. The van der Waals surface area contributed by atoms with E-state index in [0.29, 0.717) is 6.54 Å². The Bertz CT molecular complexity index is 500. The van der Waals surface area contributed by atoms with E-state index in [2.05, 4.69) is 18.4 Å². The number of hydrogen-bond acceptors (Lipinski definition) is 2. The van der Waals surface area contributed by atoms with E-state index < -0.39 is 6.10 Å². The lowest BCUT2D eigenvalue weighted by molar-refractivity contribution is -0.129. The molecule has 0 saturated heterocycles. The normalized spacial score (nSPS) is 21.1. The molecule has 106 valence electrons. The van der Waals surface area contributed by atoms with Crippen molar-refractivity contribution >= 4 is 5.91 Å². The summed E-state index contributed by atoms with van der Waals surface area (Å²) in [5.41, 5.74) is 3.26. The summed E-state index contributed by atoms with van der Waals surface area (Å²) in [5.74, 6) is 0.0827. The molecule has 0 aromatic carbocycles. The van der Waals surface area contributed by atoms with Crippen molar-refractivity contribution in [3.8, 4) is 0 Å². The molecule has 2 rings (SSSR count). The summed E-state index contributed by atoms with van der Waals surface area (Å²) in [6, 6.07) is 2.03. The van der Waals surface area contributed by atoms with Gasteiger partial charge in [-0.2, -0.15) is 0 Å². The van der Waals surface area contributed by atoms with Crippen LogP contribution in [0, 0.1) is 12.3 Å². The molecular formula is C15H24N2O2. The highest BCUT2D eigenvalue weighted by Crippen LogP contribution is 2.41. The van der Waals surface area contributed by atoms with Crippen LogP contribution in [0.5, 0.6) is 0 Å². The summed E-state index contributed by atoms with van der Waals surface area (Å²) in [6.45, 7) is 6.69. The van der Waals surface area contributed by atoms with Crippen LogP contribution < -0.4 is 0 Å². The average molecular weight is 264 g/mol. The van der Waals surface area contributed by atoms with Crippen LogP contribution in [0.25, 0.3) is 0 Å². The van der Waals surface area contributed by atoms with Crippen LogP contribution in [0.1, 0.15) is 43.3 Å². The summed E-state index contributed by atoms with van der Waals surface area (Å²) < 4.78 is 2.06. The fourth-order valence-electron chi connectivity index (χ4n) is 2.90. The van der Waals surface area contributed by atoms with Gasteiger partial charge >= 0.3 is 0 Å². The van der Waals surface area contributed by atoms with Crippen LogP contribution in [0.4, 0.5) is 0 Å². The molecule has 1 atom stereocenters. The van der Waals surface area contributed by atoms with Gasteiger partial charge in [-0.25, -0.2) is 0 Å². The van der Waals surface area contributed by atoms with Gasteiger partial charge in [0.2, 0.25) is 5.91 Å². The van der Waals surface area contributed by atoms with Crippen molar-refractivity contribution < 1.29 is 9.90 Å². The maximum Gasteiger partial charge on any atom is 0.241 e. The highest BCUT2D eigenvalue weighted by atomic mass is 16.3. The second kappa shape index (κ2) is 4.67. The monoisotopic (exact) mass is 264 g/mol. The summed E-state index contributed by atoms with van der Waals surface area (Å²) in [7, 11) is 3.54. The summed E-state index contributed by atoms with van der Waals surface area (Å²) in [4.78, 5) is 13.5. The number of hydrogen-bond donors (Lipinski definition) is 1. The second-order valence-corrected chi connectivity index (χ2v) is 6.62. The SMILES string of the molecule is Cc1cc2c(n1CC(=O)N(C)C)CC(C)(C)CC2O. The van der Waals surface area contributed by atoms with Crippen molar-refractivity contribution in [3.05, 3.63) is 23.0 Å². The highest BCUT2D eigenvalue weighted by molar-refractivity contribution is 5.75. The number of carbonyl (C=O) groups is 1. The molecule has 0 aliphatic heterocycles. The number of nitrogens with zero attached hydrogens (tertiary/aromatic N) is 2. The quantitative estimate of drug-likeness (QED) is 0.886. The number of fused-ring (bicyclic) bond motifs is 1. The van der Waals surface area contributed by atoms with Crippen LogP contribution in [-0.4, -0.2) is 34.6 Å². The van der Waals surface area contributed by atoms with Crippen molar-refractivity contribution in [2.75, 3.05) is 14.1 Å². The Morgan fingerprint density at radius 3 is 2.74 bits per heavy atom. The third-order valence-corrected chi connectivity index (χ3v) is 3.99. The maximum absolute atomic E-state index is 11.9. The number of rotatable bonds is 2. The Labute approximate surface area is 115 Å². The average Bonchev–Trinajstić information content (AvgIpc) is 2.55. The molecule has 1 amide bonds. The Morgan fingerprint density at radius 2 is 2.16 bits per heavy atom. The number of aliphatic hydroxyl groups is 1. The van der Waals surface area contributed by atoms with Gasteiger partial charge in [-0.15, -0.1) is 0 Å². The van der Waals surface area contributed by atoms with Crippen molar-refractivity contribution in [2.24, 2.45) is 5.41 Å². The first-order valence-electron chi connectivity index (χ1n) is 6.78. The first-order valence-corrected chi connectivity index (χ1v) is 6.78. The number of carbonyl (C=O) groups excluding carboxylic acids is 1. The Balaban J connectivity index is 2.39. The third kappa shape index (κ3) is 2.68. The molecule has 0 saturated carbocycles. The lowest BCUT2D eigenvalue weighted by Gasteiger charge is -2.34. The lowest BCUT2D eigenvalue weighted by Crippen LogP contribution is -2.30. The van der Waals surface area contributed by atoms with Gasteiger partial charge in [0.1, 0.15) is 6.54 Å². The number of amides is 1. The first-order chi connectivity index (χ1) is 8.71. The molecular weight excluding hydrogens is 240 g/mol. The van der Waals surface area contributed by atoms with Crippen LogP contribution in [0.3, 0.4) is 0 Å². The molecule has 0 bridgehead atoms. The summed E-state index contributed by atoms with van der Waals surface area (Å²) in [5, 5.41) is 10.3. The molecule has 1 unspecified atom stereocenters. The predicted molar refractivity (Wildman–Crippen MR) is 74.9 cm³/mol. The van der Waals surface area contributed by atoms with Gasteiger partial charge in [0.25, 0.3) is 0 Å². The third-order valence-electron chi connectivity index (χ3n) is 3.99. The zero-order valence-electron chi connectivity index (χ0n) is 12.5. The van der Waals surface area contributed by atoms with Crippen molar-refractivity contribution in [1.29, 1.82) is 0 Å². The molecule has 1 aliphatic rings. The van der Waals surface area contributed by atoms with E-state index in [4.69, 9.17) is 0 Å². The van der Waals surface area contributed by atoms with Crippen LogP contribution in [0.15, 0.2) is 6.07 Å². The number of aryl methyl sites for hydroxylation is 1. The topological polar surface area (TPSA) is 45.5 Å². The van der Waals surface area contributed by atoms with E-state index in [1.807, 2.05) is 13.0 Å². The predicted octanol–water partition coefficient (Wildman–Crippen LogP) is 1.89. The van der Waals surface area contributed by atoms with Crippen LogP contribution in [0.2, 0.25) is 0 Å². The Morgan fingerprint density at radius 1 is 1.53 bits per heavy atom. The first kappa shape index (κ1) is 14.1. The molecule has 0 radical (unpaired) electrons. The summed E-state index contributed by atoms with van der Waals surface area (Å²) in [6.07, 6.45) is 1.28. The molecule has 0 spiro atoms. The van der Waals surface area contributed by atoms with E-state index in [-0.39, 0.29) is 11.3 Å². The molecule has 19 heavy (non-hydrogen) atoms. The smallest absolute Gasteiger partial charge is 0.241 e. The molecule has 1 heterocycles. The van der Waals surface area contributed by atoms with E-state index >= 15 is 0 Å². The minimum atomic E-state index is -0.409. The molecule has 4 heteroatoms. The van der Waals surface area contributed by atoms with E-state index in [1.54, 1.807) is 19.0 Å². The zero-order chi connectivity index (χ0) is 14.4. The number of aliphatic hydroxyl groups excluding tert-OH is 1. The molecule has 1 N–H and O–H groups in total. The van der Waals surface area contributed by atoms with Gasteiger partial charge in [0.05, 0.1) is 6.10 Å². The molecule has 1 aliphatic carbocycles. The Hall–Kier alpha value is -1.29. The van der Waals surface area contributed by atoms with Gasteiger partial charge < -0.3 is 14.6 Å². The van der Waals surface area contributed by atoms with E-state index in [0.717, 1.165) is 29.8 Å². The Kier molecular flexibility index (Phi) is 3.47. The van der Waals surface area contributed by atoms with Crippen molar-refractivity contribution in [2.45, 2.75) is 46.3 Å². The highest BCUT2D eigenvalue weighted by Gasteiger charge is 2.34. The molecule has 1 aromatic rings. The molecule has 0 fully saturated rings. The van der Waals surface area contributed by atoms with Crippen LogP contribution in [-0.2, 0) is 17.8 Å². The fourth-order valence-corrected chi connectivity index (χ4v) is 2.90. The van der Waals surface area contributed by atoms with Gasteiger partial charge in [-0.3, -0.25) is 4.79 Å². The standard InChI is InChI=1S/C15H24N2O2/c1-10-6-11-12(7-15(2,3)8-13(11)18)17(10)9-14(19)16(4)5/h6,13,18H,7-9H2,1-5H3. The molecule has 4 nitrogen and oxygen atoms in total. The van der Waals surface area contributed by atoms with Gasteiger partial charge in [0.15, 0.2) is 0 Å². The van der Waals surface area contributed by atoms with Crippen molar-refractivity contribution in [3.63, 3.8) is 0 Å². The summed E-state index contributed by atoms with van der Waals surface area (Å²) >= 11 is 0. The zero-order valence-corrected chi connectivity index (χ0v) is 12.5. The second-order valence-electron chi connectivity index (χ2n) is 6.62. The van der Waals surface area contributed by atoms with Gasteiger partial charge in [-0.1, -0.05) is 13.8 Å². The molecule has 1 aromatic heterocycles. The van der Waals surface area contributed by atoms with Gasteiger partial charge in [-0.05, 0) is 31.2 Å². The van der Waals surface area contributed by atoms with E-state index in [1.165, 1.54) is 0 Å². The van der Waals surface area contributed by atoms with Crippen molar-refractivity contribution in [1.82, 2.24) is 9.47 Å². The minimum absolute atomic E-state index is 0.0795.